The van der Waals surface area contributed by atoms with Crippen molar-refractivity contribution >= 4 is 23.7 Å². The molecule has 0 aromatic heterocycles. The molecule has 0 radical (unpaired) electrons. The minimum Gasteiger partial charge on any atom is -0.480 e. The summed E-state index contributed by atoms with van der Waals surface area (Å²) < 4.78 is 11.1. The number of rotatable bonds is 14. The fraction of sp³-hybridized carbons (Fsp3) is 0.700. The second-order valence-electron chi connectivity index (χ2n) is 8.20. The van der Waals surface area contributed by atoms with Crippen molar-refractivity contribution < 1.29 is 33.8 Å². The predicted molar refractivity (Wildman–Crippen MR) is 105 cm³/mol. The fourth-order valence-corrected chi connectivity index (χ4v) is 2.68. The second-order valence-corrected chi connectivity index (χ2v) is 8.20. The first-order valence-corrected chi connectivity index (χ1v) is 9.72. The van der Waals surface area contributed by atoms with Crippen LogP contribution in [0.4, 0.5) is 0 Å². The van der Waals surface area contributed by atoms with Crippen molar-refractivity contribution in [2.24, 2.45) is 0 Å². The number of nitrogens with zero attached hydrogens (tertiary/aromatic N) is 1. The Morgan fingerprint density at radius 2 is 1.66 bits per heavy atom. The van der Waals surface area contributed by atoms with Gasteiger partial charge in [-0.2, -0.15) is 0 Å². The summed E-state index contributed by atoms with van der Waals surface area (Å²) in [7, 11) is 0. The van der Waals surface area contributed by atoms with Crippen molar-refractivity contribution in [3.8, 4) is 0 Å². The molecule has 0 aromatic rings. The summed E-state index contributed by atoms with van der Waals surface area (Å²) in [4.78, 5) is 46.7. The van der Waals surface area contributed by atoms with Gasteiger partial charge >= 0.3 is 5.97 Å². The molecular formula is C20H32N2O7. The van der Waals surface area contributed by atoms with Crippen molar-refractivity contribution in [2.45, 2.75) is 64.6 Å². The Balaban J connectivity index is 2.19. The van der Waals surface area contributed by atoms with Crippen molar-refractivity contribution in [2.75, 3.05) is 26.3 Å². The highest BCUT2D eigenvalue weighted by Gasteiger charge is 2.26. The summed E-state index contributed by atoms with van der Waals surface area (Å²) in [6.45, 7) is 7.97. The summed E-state index contributed by atoms with van der Waals surface area (Å²) in [6, 6.07) is 0. The van der Waals surface area contributed by atoms with Gasteiger partial charge in [-0.15, -0.1) is 0 Å². The highest BCUT2D eigenvalue weighted by molar-refractivity contribution is 6.12. The molecule has 1 rings (SSSR count). The third kappa shape index (κ3) is 10.2. The number of carbonyl (C=O) groups is 4. The number of carbonyl (C=O) groups excluding carboxylic acids is 3. The van der Waals surface area contributed by atoms with Crippen LogP contribution in [-0.2, 0) is 28.7 Å². The van der Waals surface area contributed by atoms with E-state index in [9.17, 15) is 19.2 Å². The molecule has 0 fully saturated rings. The van der Waals surface area contributed by atoms with Gasteiger partial charge in [0.15, 0.2) is 0 Å². The van der Waals surface area contributed by atoms with Gasteiger partial charge < -0.3 is 19.9 Å². The lowest BCUT2D eigenvalue weighted by Crippen LogP contribution is -2.37. The Bertz CT molecular complexity index is 623. The smallest absolute Gasteiger partial charge is 0.329 e. The maximum Gasteiger partial charge on any atom is 0.329 e. The zero-order valence-corrected chi connectivity index (χ0v) is 17.7. The fourth-order valence-electron chi connectivity index (χ4n) is 2.68. The number of aliphatic carboxylic acids is 1. The molecule has 9 nitrogen and oxygen atoms in total. The van der Waals surface area contributed by atoms with E-state index in [1.807, 2.05) is 13.8 Å². The quantitative estimate of drug-likeness (QED) is 0.325. The number of imide groups is 1. The van der Waals surface area contributed by atoms with Gasteiger partial charge in [0, 0.05) is 25.2 Å². The van der Waals surface area contributed by atoms with E-state index >= 15 is 0 Å². The zero-order chi connectivity index (χ0) is 22.1. The average molecular weight is 412 g/mol. The van der Waals surface area contributed by atoms with Crippen LogP contribution < -0.4 is 5.32 Å². The molecular weight excluding hydrogens is 380 g/mol. The number of ether oxygens (including phenoxy) is 2. The SMILES string of the molecule is CC(C)(CCOC(C)(C)CC(=O)NCCCCN1C(=O)C=CC1=O)OCC(=O)O. The molecule has 1 heterocycles. The van der Waals surface area contributed by atoms with Crippen molar-refractivity contribution in [3.05, 3.63) is 12.2 Å². The van der Waals surface area contributed by atoms with Crippen LogP contribution in [0, 0.1) is 0 Å². The van der Waals surface area contributed by atoms with Crippen LogP contribution in [0.25, 0.3) is 0 Å². The van der Waals surface area contributed by atoms with E-state index in [4.69, 9.17) is 14.6 Å². The van der Waals surface area contributed by atoms with Crippen LogP contribution in [0.3, 0.4) is 0 Å². The zero-order valence-electron chi connectivity index (χ0n) is 17.7. The van der Waals surface area contributed by atoms with Gasteiger partial charge in [0.25, 0.3) is 11.8 Å². The van der Waals surface area contributed by atoms with Crippen molar-refractivity contribution in [1.82, 2.24) is 10.2 Å². The molecule has 0 spiro atoms. The van der Waals surface area contributed by atoms with Crippen LogP contribution in [0.2, 0.25) is 0 Å². The molecule has 1 aliphatic rings. The minimum atomic E-state index is -1.02. The monoisotopic (exact) mass is 412 g/mol. The summed E-state index contributed by atoms with van der Waals surface area (Å²) >= 11 is 0. The Hall–Kier alpha value is -2.26. The molecule has 0 atom stereocenters. The number of hydrogen-bond acceptors (Lipinski definition) is 6. The van der Waals surface area contributed by atoms with Gasteiger partial charge in [-0.3, -0.25) is 19.3 Å². The van der Waals surface area contributed by atoms with Crippen molar-refractivity contribution in [1.29, 1.82) is 0 Å². The van der Waals surface area contributed by atoms with Crippen LogP contribution in [0.1, 0.15) is 53.4 Å². The van der Waals surface area contributed by atoms with Crippen LogP contribution >= 0.6 is 0 Å². The summed E-state index contributed by atoms with van der Waals surface area (Å²) in [5, 5.41) is 11.5. The Labute approximate surface area is 171 Å². The van der Waals surface area contributed by atoms with Crippen LogP contribution in [0.15, 0.2) is 12.2 Å². The highest BCUT2D eigenvalue weighted by atomic mass is 16.5. The lowest BCUT2D eigenvalue weighted by Gasteiger charge is -2.29. The molecule has 9 heteroatoms. The highest BCUT2D eigenvalue weighted by Crippen LogP contribution is 2.19. The van der Waals surface area contributed by atoms with Crippen LogP contribution in [-0.4, -0.2) is 71.2 Å². The van der Waals surface area contributed by atoms with E-state index < -0.39 is 17.2 Å². The van der Waals surface area contributed by atoms with E-state index in [0.29, 0.717) is 39.0 Å². The summed E-state index contributed by atoms with van der Waals surface area (Å²) in [5.41, 5.74) is -1.31. The van der Waals surface area contributed by atoms with E-state index in [1.54, 1.807) is 13.8 Å². The molecule has 1 aliphatic heterocycles. The first kappa shape index (κ1) is 24.8. The maximum absolute atomic E-state index is 12.1. The molecule has 0 aliphatic carbocycles. The third-order valence-electron chi connectivity index (χ3n) is 4.40. The Morgan fingerprint density at radius 3 is 2.24 bits per heavy atom. The van der Waals surface area contributed by atoms with E-state index in [2.05, 4.69) is 5.32 Å². The second kappa shape index (κ2) is 11.1. The average Bonchev–Trinajstić information content (AvgIpc) is 2.90. The van der Waals surface area contributed by atoms with Crippen molar-refractivity contribution in [3.63, 3.8) is 0 Å². The lowest BCUT2D eigenvalue weighted by atomic mass is 10.0. The van der Waals surface area contributed by atoms with E-state index in [1.165, 1.54) is 17.1 Å². The lowest BCUT2D eigenvalue weighted by molar-refractivity contribution is -0.150. The largest absolute Gasteiger partial charge is 0.480 e. The first-order chi connectivity index (χ1) is 13.4. The molecule has 0 bridgehead atoms. The molecule has 3 amide bonds. The number of carboxylic acid groups (broad SMARTS) is 1. The molecule has 29 heavy (non-hydrogen) atoms. The summed E-state index contributed by atoms with van der Waals surface area (Å²) in [6.07, 6.45) is 4.45. The predicted octanol–water partition coefficient (Wildman–Crippen LogP) is 1.26. The Kier molecular flexibility index (Phi) is 9.45. The minimum absolute atomic E-state index is 0.147. The number of nitrogens with one attached hydrogen (secondary N) is 1. The van der Waals surface area contributed by atoms with Gasteiger partial charge in [0.1, 0.15) is 6.61 Å². The maximum atomic E-state index is 12.1. The van der Waals surface area contributed by atoms with Gasteiger partial charge in [0.2, 0.25) is 5.91 Å². The molecule has 0 saturated heterocycles. The summed E-state index contributed by atoms with van der Waals surface area (Å²) in [5.74, 6) is -1.76. The molecule has 0 unspecified atom stereocenters. The van der Waals surface area contributed by atoms with E-state index in [0.717, 1.165) is 0 Å². The number of unbranched alkanes of at least 4 members (excludes halogenated alkanes) is 1. The standard InChI is InChI=1S/C20H32N2O7/c1-19(2,29-14-18(26)27)9-12-28-20(3,4)13-15(23)21-10-5-6-11-22-16(24)7-8-17(22)25/h7-8H,5-6,9-14H2,1-4H3,(H,21,23)(H,26,27). The topological polar surface area (TPSA) is 122 Å². The van der Waals surface area contributed by atoms with Gasteiger partial charge in [0.05, 0.1) is 24.2 Å². The first-order valence-electron chi connectivity index (χ1n) is 9.72. The van der Waals surface area contributed by atoms with Crippen LogP contribution in [0.5, 0.6) is 0 Å². The van der Waals surface area contributed by atoms with Gasteiger partial charge in [-0.1, -0.05) is 0 Å². The van der Waals surface area contributed by atoms with Gasteiger partial charge in [-0.25, -0.2) is 4.79 Å². The number of amides is 3. The third-order valence-corrected chi connectivity index (χ3v) is 4.40. The molecule has 0 saturated carbocycles. The molecule has 164 valence electrons. The van der Waals surface area contributed by atoms with Gasteiger partial charge in [-0.05, 0) is 47.0 Å². The Morgan fingerprint density at radius 1 is 1.03 bits per heavy atom. The van der Waals surface area contributed by atoms with E-state index in [-0.39, 0.29) is 30.7 Å². The normalized spacial score (nSPS) is 14.6. The number of hydrogen-bond donors (Lipinski definition) is 2. The number of carboxylic acids is 1. The molecule has 2 N–H and O–H groups in total. The molecule has 0 aromatic carbocycles.